The van der Waals surface area contributed by atoms with E-state index in [1.165, 1.54) is 0 Å². The van der Waals surface area contributed by atoms with E-state index in [1.807, 2.05) is 6.92 Å². The smallest absolute Gasteiger partial charge is 0.323 e. The van der Waals surface area contributed by atoms with Gasteiger partial charge in [-0.05, 0) is 19.4 Å². The van der Waals surface area contributed by atoms with Crippen molar-refractivity contribution >= 4 is 5.97 Å². The Morgan fingerprint density at radius 3 is 2.43 bits per heavy atom. The molecule has 3 N–H and O–H groups in total. The molecule has 0 heterocycles. The molecule has 0 saturated heterocycles. The first-order chi connectivity index (χ1) is 6.54. The molecular weight excluding hydrogens is 182 g/mol. The van der Waals surface area contributed by atoms with Gasteiger partial charge in [0, 0.05) is 0 Å². The minimum absolute atomic E-state index is 0.0171. The summed E-state index contributed by atoms with van der Waals surface area (Å²) in [4.78, 5) is 10.7. The van der Waals surface area contributed by atoms with Crippen molar-refractivity contribution in [1.29, 1.82) is 0 Å². The Bertz CT molecular complexity index is 173. The lowest BCUT2D eigenvalue weighted by atomic mass is 9.93. The molecule has 0 aromatic heterocycles. The van der Waals surface area contributed by atoms with E-state index in [0.29, 0.717) is 0 Å². The zero-order valence-electron chi connectivity index (χ0n) is 9.16. The number of unbranched alkanes of at least 4 members (excludes halogenated alkanes) is 1. The first-order valence-corrected chi connectivity index (χ1v) is 5.12. The van der Waals surface area contributed by atoms with Crippen LogP contribution >= 0.6 is 0 Å². The molecule has 0 fully saturated rings. The van der Waals surface area contributed by atoms with Crippen LogP contribution in [-0.4, -0.2) is 35.4 Å². The maximum absolute atomic E-state index is 10.7. The van der Waals surface area contributed by atoms with Crippen LogP contribution in [-0.2, 0) is 4.79 Å². The number of nitrogens with one attached hydrogen (secondary N) is 1. The van der Waals surface area contributed by atoms with Gasteiger partial charge >= 0.3 is 5.97 Å². The van der Waals surface area contributed by atoms with Gasteiger partial charge in [0.1, 0.15) is 6.04 Å². The van der Waals surface area contributed by atoms with E-state index in [9.17, 15) is 9.90 Å². The summed E-state index contributed by atoms with van der Waals surface area (Å²) in [6.07, 6.45) is 2.13. The van der Waals surface area contributed by atoms with E-state index in [-0.39, 0.29) is 5.92 Å². The minimum atomic E-state index is -0.997. The van der Waals surface area contributed by atoms with E-state index < -0.39 is 18.1 Å². The van der Waals surface area contributed by atoms with Gasteiger partial charge in [-0.3, -0.25) is 4.79 Å². The summed E-state index contributed by atoms with van der Waals surface area (Å²) in [7, 11) is 1.55. The van der Waals surface area contributed by atoms with Crippen molar-refractivity contribution in [3.8, 4) is 0 Å². The quantitative estimate of drug-likeness (QED) is 0.573. The fourth-order valence-corrected chi connectivity index (χ4v) is 1.47. The highest BCUT2D eigenvalue weighted by molar-refractivity contribution is 5.74. The molecule has 0 aromatic carbocycles. The van der Waals surface area contributed by atoms with Gasteiger partial charge in [0.25, 0.3) is 0 Å². The highest BCUT2D eigenvalue weighted by Gasteiger charge is 2.28. The molecule has 0 aliphatic carbocycles. The van der Waals surface area contributed by atoms with Gasteiger partial charge in [0.15, 0.2) is 0 Å². The summed E-state index contributed by atoms with van der Waals surface area (Å²) in [5, 5.41) is 21.1. The molecule has 4 heteroatoms. The van der Waals surface area contributed by atoms with Gasteiger partial charge in [0.2, 0.25) is 0 Å². The summed E-state index contributed by atoms with van der Waals surface area (Å²) in [5.74, 6) is -0.980. The predicted octanol–water partition coefficient (Wildman–Crippen LogP) is 0.846. The second-order valence-corrected chi connectivity index (χ2v) is 3.71. The van der Waals surface area contributed by atoms with Crippen molar-refractivity contribution in [2.24, 2.45) is 5.92 Å². The number of carboxylic acid groups (broad SMARTS) is 1. The number of carbonyl (C=O) groups is 1. The Morgan fingerprint density at radius 2 is 2.07 bits per heavy atom. The molecule has 0 spiro atoms. The summed E-state index contributed by atoms with van der Waals surface area (Å²) in [6.45, 7) is 3.96. The second kappa shape index (κ2) is 6.79. The molecule has 14 heavy (non-hydrogen) atoms. The average molecular weight is 203 g/mol. The van der Waals surface area contributed by atoms with Gasteiger partial charge in [-0.25, -0.2) is 0 Å². The van der Waals surface area contributed by atoms with Crippen LogP contribution < -0.4 is 5.32 Å². The minimum Gasteiger partial charge on any atom is -0.480 e. The number of aliphatic hydroxyl groups is 1. The molecule has 0 rings (SSSR count). The molecule has 0 radical (unpaired) electrons. The second-order valence-electron chi connectivity index (χ2n) is 3.71. The molecule has 4 nitrogen and oxygen atoms in total. The van der Waals surface area contributed by atoms with E-state index in [2.05, 4.69) is 12.2 Å². The third-order valence-corrected chi connectivity index (χ3v) is 2.51. The zero-order chi connectivity index (χ0) is 11.1. The molecule has 0 bridgehead atoms. The number of hydrogen-bond donors (Lipinski definition) is 3. The largest absolute Gasteiger partial charge is 0.480 e. The number of likely N-dealkylation sites (N-methyl/N-ethyl adjacent to an activating group) is 1. The Labute approximate surface area is 85.3 Å². The first-order valence-electron chi connectivity index (χ1n) is 5.12. The number of hydrogen-bond acceptors (Lipinski definition) is 3. The van der Waals surface area contributed by atoms with Gasteiger partial charge in [-0.2, -0.15) is 0 Å². The van der Waals surface area contributed by atoms with Crippen molar-refractivity contribution < 1.29 is 15.0 Å². The number of aliphatic carboxylic acids is 1. The average Bonchev–Trinajstić information content (AvgIpc) is 2.14. The van der Waals surface area contributed by atoms with E-state index >= 15 is 0 Å². The predicted molar refractivity (Wildman–Crippen MR) is 55.2 cm³/mol. The summed E-state index contributed by atoms with van der Waals surface area (Å²) in [6, 6.07) is -0.859. The molecule has 0 aromatic rings. The lowest BCUT2D eigenvalue weighted by Crippen LogP contribution is -2.47. The van der Waals surface area contributed by atoms with E-state index in [1.54, 1.807) is 7.05 Å². The van der Waals surface area contributed by atoms with Gasteiger partial charge in [0.05, 0.1) is 6.10 Å². The Kier molecular flexibility index (Phi) is 6.49. The van der Waals surface area contributed by atoms with Crippen LogP contribution in [0.5, 0.6) is 0 Å². The molecule has 0 aliphatic rings. The highest BCUT2D eigenvalue weighted by Crippen LogP contribution is 2.15. The normalized spacial score (nSPS) is 17.4. The van der Waals surface area contributed by atoms with Crippen molar-refractivity contribution in [2.45, 2.75) is 45.3 Å². The summed E-state index contributed by atoms with van der Waals surface area (Å²) >= 11 is 0. The lowest BCUT2D eigenvalue weighted by molar-refractivity contribution is -0.143. The molecule has 0 unspecified atom stereocenters. The number of carboxylic acids is 1. The summed E-state index contributed by atoms with van der Waals surface area (Å²) < 4.78 is 0. The third kappa shape index (κ3) is 4.07. The number of aliphatic hydroxyl groups excluding tert-OH is 1. The third-order valence-electron chi connectivity index (χ3n) is 2.51. The maximum Gasteiger partial charge on any atom is 0.323 e. The van der Waals surface area contributed by atoms with Crippen LogP contribution in [0.2, 0.25) is 0 Å². The zero-order valence-corrected chi connectivity index (χ0v) is 9.16. The number of rotatable bonds is 7. The van der Waals surface area contributed by atoms with E-state index in [4.69, 9.17) is 5.11 Å². The van der Waals surface area contributed by atoms with Crippen LogP contribution in [0.1, 0.15) is 33.1 Å². The van der Waals surface area contributed by atoms with E-state index in [0.717, 1.165) is 19.3 Å². The lowest BCUT2D eigenvalue weighted by Gasteiger charge is -2.24. The highest BCUT2D eigenvalue weighted by atomic mass is 16.4. The first kappa shape index (κ1) is 13.4. The molecule has 3 atom stereocenters. The topological polar surface area (TPSA) is 69.6 Å². The fourth-order valence-electron chi connectivity index (χ4n) is 1.47. The van der Waals surface area contributed by atoms with Crippen molar-refractivity contribution in [2.75, 3.05) is 7.05 Å². The molecule has 0 aliphatic heterocycles. The van der Waals surface area contributed by atoms with Crippen LogP contribution in [0.4, 0.5) is 0 Å². The molecule has 0 saturated carbocycles. The van der Waals surface area contributed by atoms with Crippen LogP contribution in [0, 0.1) is 5.92 Å². The molecule has 84 valence electrons. The van der Waals surface area contributed by atoms with Gasteiger partial charge in [-0.1, -0.05) is 26.7 Å². The van der Waals surface area contributed by atoms with Crippen molar-refractivity contribution in [3.63, 3.8) is 0 Å². The summed E-state index contributed by atoms with van der Waals surface area (Å²) in [5.41, 5.74) is 0. The maximum atomic E-state index is 10.7. The fraction of sp³-hybridized carbons (Fsp3) is 0.900. The standard InChI is InChI=1S/C10H21NO3/c1-4-5-6-7(2)9(12)8(11-3)10(13)14/h7-9,11-12H,4-6H2,1-3H3,(H,13,14)/t7-,8+,9-/m0/s1. The monoisotopic (exact) mass is 203 g/mol. The van der Waals surface area contributed by atoms with Gasteiger partial charge in [-0.15, -0.1) is 0 Å². The van der Waals surface area contributed by atoms with Crippen LogP contribution in [0.3, 0.4) is 0 Å². The molecule has 0 amide bonds. The van der Waals surface area contributed by atoms with Gasteiger partial charge < -0.3 is 15.5 Å². The van der Waals surface area contributed by atoms with Crippen molar-refractivity contribution in [1.82, 2.24) is 5.32 Å². The Hall–Kier alpha value is -0.610. The Morgan fingerprint density at radius 1 is 1.50 bits per heavy atom. The molecular formula is C10H21NO3. The van der Waals surface area contributed by atoms with Crippen LogP contribution in [0.15, 0.2) is 0 Å². The SMILES string of the molecule is CCCC[C@H](C)[C@H](O)[C@@H](NC)C(=O)O. The van der Waals surface area contributed by atoms with Crippen molar-refractivity contribution in [3.05, 3.63) is 0 Å². The Balaban J connectivity index is 4.12. The van der Waals surface area contributed by atoms with Crippen LogP contribution in [0.25, 0.3) is 0 Å².